The number of methoxy groups -OCH3 is 1. The van der Waals surface area contributed by atoms with E-state index in [1.54, 1.807) is 7.11 Å². The molecule has 94 valence electrons. The molecule has 1 fully saturated rings. The van der Waals surface area contributed by atoms with E-state index in [4.69, 9.17) is 4.74 Å². The lowest BCUT2D eigenvalue weighted by molar-refractivity contribution is -0.119. The van der Waals surface area contributed by atoms with Crippen LogP contribution in [0.1, 0.15) is 40.0 Å². The SMILES string of the molecule is COC(C)(C)CC(C)NCC1CCC(=O)N1. The molecule has 0 saturated carbocycles. The van der Waals surface area contributed by atoms with Crippen LogP contribution in [-0.4, -0.2) is 37.2 Å². The monoisotopic (exact) mass is 228 g/mol. The first-order chi connectivity index (χ1) is 7.43. The van der Waals surface area contributed by atoms with Crippen LogP contribution in [0.15, 0.2) is 0 Å². The molecule has 4 nitrogen and oxygen atoms in total. The van der Waals surface area contributed by atoms with E-state index < -0.39 is 0 Å². The number of ether oxygens (including phenoxy) is 1. The van der Waals surface area contributed by atoms with Gasteiger partial charge < -0.3 is 15.4 Å². The summed E-state index contributed by atoms with van der Waals surface area (Å²) in [6.45, 7) is 7.18. The molecule has 0 aromatic carbocycles. The molecule has 2 unspecified atom stereocenters. The fourth-order valence-electron chi connectivity index (χ4n) is 2.07. The van der Waals surface area contributed by atoms with Crippen molar-refractivity contribution < 1.29 is 9.53 Å². The van der Waals surface area contributed by atoms with E-state index in [-0.39, 0.29) is 11.5 Å². The predicted molar refractivity (Wildman–Crippen MR) is 64.3 cm³/mol. The van der Waals surface area contributed by atoms with Crippen LogP contribution in [0.25, 0.3) is 0 Å². The van der Waals surface area contributed by atoms with Crippen molar-refractivity contribution in [2.45, 2.75) is 57.7 Å². The lowest BCUT2D eigenvalue weighted by Gasteiger charge is -2.27. The molecule has 1 saturated heterocycles. The van der Waals surface area contributed by atoms with Crippen LogP contribution in [0, 0.1) is 0 Å². The summed E-state index contributed by atoms with van der Waals surface area (Å²) in [5.74, 6) is 0.177. The molecule has 0 aromatic rings. The third kappa shape index (κ3) is 4.49. The van der Waals surface area contributed by atoms with Gasteiger partial charge in [-0.15, -0.1) is 0 Å². The summed E-state index contributed by atoms with van der Waals surface area (Å²) in [6.07, 6.45) is 2.58. The lowest BCUT2D eigenvalue weighted by atomic mass is 9.99. The smallest absolute Gasteiger partial charge is 0.220 e. The molecule has 1 aliphatic rings. The van der Waals surface area contributed by atoms with Crippen LogP contribution >= 0.6 is 0 Å². The second-order valence-electron chi connectivity index (χ2n) is 5.28. The van der Waals surface area contributed by atoms with Gasteiger partial charge in [-0.1, -0.05) is 0 Å². The number of nitrogens with one attached hydrogen (secondary N) is 2. The van der Waals surface area contributed by atoms with Crippen molar-refractivity contribution in [1.29, 1.82) is 0 Å². The van der Waals surface area contributed by atoms with Crippen LogP contribution < -0.4 is 10.6 Å². The summed E-state index contributed by atoms with van der Waals surface area (Å²) in [6, 6.07) is 0.702. The van der Waals surface area contributed by atoms with Gasteiger partial charge in [-0.3, -0.25) is 4.79 Å². The van der Waals surface area contributed by atoms with Crippen molar-refractivity contribution in [3.8, 4) is 0 Å². The molecule has 0 aromatic heterocycles. The molecular formula is C12H24N2O2. The highest BCUT2D eigenvalue weighted by Gasteiger charge is 2.23. The van der Waals surface area contributed by atoms with Crippen molar-refractivity contribution in [3.05, 3.63) is 0 Å². The Bertz CT molecular complexity index is 241. The van der Waals surface area contributed by atoms with Crippen LogP contribution in [0.2, 0.25) is 0 Å². The normalized spacial score (nSPS) is 23.2. The van der Waals surface area contributed by atoms with Gasteiger partial charge in [0.15, 0.2) is 0 Å². The highest BCUT2D eigenvalue weighted by Crippen LogP contribution is 2.15. The van der Waals surface area contributed by atoms with E-state index in [2.05, 4.69) is 31.4 Å². The standard InChI is InChI=1S/C12H24N2O2/c1-9(7-12(2,3)16-4)13-8-10-5-6-11(15)14-10/h9-10,13H,5-8H2,1-4H3,(H,14,15). The Hall–Kier alpha value is -0.610. The zero-order valence-electron chi connectivity index (χ0n) is 10.8. The molecule has 0 radical (unpaired) electrons. The molecule has 0 spiro atoms. The fraction of sp³-hybridized carbons (Fsp3) is 0.917. The topological polar surface area (TPSA) is 50.4 Å². The van der Waals surface area contributed by atoms with E-state index >= 15 is 0 Å². The Kier molecular flexibility index (Phi) is 4.74. The van der Waals surface area contributed by atoms with Crippen LogP contribution in [0.3, 0.4) is 0 Å². The summed E-state index contributed by atoms with van der Waals surface area (Å²) in [5, 5.41) is 6.39. The highest BCUT2D eigenvalue weighted by atomic mass is 16.5. The third-order valence-electron chi connectivity index (χ3n) is 3.15. The predicted octanol–water partition coefficient (Wildman–Crippen LogP) is 1.06. The van der Waals surface area contributed by atoms with Crippen LogP contribution in [0.4, 0.5) is 0 Å². The molecule has 0 bridgehead atoms. The number of hydrogen-bond acceptors (Lipinski definition) is 3. The van der Waals surface area contributed by atoms with Gasteiger partial charge in [0.2, 0.25) is 5.91 Å². The lowest BCUT2D eigenvalue weighted by Crippen LogP contribution is -2.42. The van der Waals surface area contributed by atoms with Gasteiger partial charge >= 0.3 is 0 Å². The zero-order chi connectivity index (χ0) is 12.2. The number of carbonyl (C=O) groups is 1. The van der Waals surface area contributed by atoms with E-state index in [1.165, 1.54) is 0 Å². The summed E-state index contributed by atoms with van der Waals surface area (Å²) in [7, 11) is 1.74. The Morgan fingerprint density at radius 1 is 1.62 bits per heavy atom. The van der Waals surface area contributed by atoms with Gasteiger partial charge in [0.05, 0.1) is 5.60 Å². The molecule has 1 rings (SSSR count). The van der Waals surface area contributed by atoms with Gasteiger partial charge in [-0.25, -0.2) is 0 Å². The summed E-state index contributed by atoms with van der Waals surface area (Å²) < 4.78 is 5.39. The number of carbonyl (C=O) groups excluding carboxylic acids is 1. The highest BCUT2D eigenvalue weighted by molar-refractivity contribution is 5.78. The van der Waals surface area contributed by atoms with Crippen molar-refractivity contribution in [1.82, 2.24) is 10.6 Å². The maximum absolute atomic E-state index is 11.0. The molecule has 0 aliphatic carbocycles. The van der Waals surface area contributed by atoms with Gasteiger partial charge in [-0.05, 0) is 33.6 Å². The van der Waals surface area contributed by atoms with Crippen molar-refractivity contribution in [2.75, 3.05) is 13.7 Å². The third-order valence-corrected chi connectivity index (χ3v) is 3.15. The van der Waals surface area contributed by atoms with E-state index in [0.717, 1.165) is 19.4 Å². The molecule has 16 heavy (non-hydrogen) atoms. The first-order valence-electron chi connectivity index (χ1n) is 6.01. The van der Waals surface area contributed by atoms with Crippen LogP contribution in [0.5, 0.6) is 0 Å². The quantitative estimate of drug-likeness (QED) is 0.714. The summed E-state index contributed by atoms with van der Waals surface area (Å²) >= 11 is 0. The largest absolute Gasteiger partial charge is 0.379 e. The van der Waals surface area contributed by atoms with Crippen LogP contribution in [-0.2, 0) is 9.53 Å². The molecule has 4 heteroatoms. The molecule has 1 amide bonds. The zero-order valence-corrected chi connectivity index (χ0v) is 10.8. The van der Waals surface area contributed by atoms with E-state index in [0.29, 0.717) is 18.5 Å². The van der Waals surface area contributed by atoms with Gasteiger partial charge in [0, 0.05) is 32.2 Å². The molecule has 2 atom stereocenters. The minimum absolute atomic E-state index is 0.0919. The van der Waals surface area contributed by atoms with E-state index in [1.807, 2.05) is 0 Å². The summed E-state index contributed by atoms with van der Waals surface area (Å²) in [4.78, 5) is 11.0. The maximum Gasteiger partial charge on any atom is 0.220 e. The van der Waals surface area contributed by atoms with Crippen molar-refractivity contribution in [3.63, 3.8) is 0 Å². The average molecular weight is 228 g/mol. The van der Waals surface area contributed by atoms with Gasteiger partial charge in [0.1, 0.15) is 0 Å². The second-order valence-corrected chi connectivity index (χ2v) is 5.28. The Labute approximate surface area is 98.1 Å². The van der Waals surface area contributed by atoms with Crippen molar-refractivity contribution >= 4 is 5.91 Å². The molecule has 2 N–H and O–H groups in total. The Morgan fingerprint density at radius 3 is 2.81 bits per heavy atom. The number of rotatable bonds is 6. The average Bonchev–Trinajstić information content (AvgIpc) is 2.61. The van der Waals surface area contributed by atoms with Gasteiger partial charge in [-0.2, -0.15) is 0 Å². The minimum atomic E-state index is -0.0919. The summed E-state index contributed by atoms with van der Waals surface area (Å²) in [5.41, 5.74) is -0.0919. The Morgan fingerprint density at radius 2 is 2.31 bits per heavy atom. The fourth-order valence-corrected chi connectivity index (χ4v) is 2.07. The minimum Gasteiger partial charge on any atom is -0.379 e. The van der Waals surface area contributed by atoms with Gasteiger partial charge in [0.25, 0.3) is 0 Å². The molecular weight excluding hydrogens is 204 g/mol. The second kappa shape index (κ2) is 5.64. The number of amides is 1. The molecule has 1 heterocycles. The molecule has 1 aliphatic heterocycles. The first kappa shape index (κ1) is 13.5. The number of hydrogen-bond donors (Lipinski definition) is 2. The first-order valence-corrected chi connectivity index (χ1v) is 6.01. The van der Waals surface area contributed by atoms with Crippen molar-refractivity contribution in [2.24, 2.45) is 0 Å². The maximum atomic E-state index is 11.0. The van der Waals surface area contributed by atoms with E-state index in [9.17, 15) is 4.79 Å². The Balaban J connectivity index is 2.20.